The van der Waals surface area contributed by atoms with Crippen molar-refractivity contribution in [3.8, 4) is 5.75 Å². The normalized spacial score (nSPS) is 11.0. The van der Waals surface area contributed by atoms with Gasteiger partial charge in [-0.2, -0.15) is 0 Å². The molecule has 0 atom stereocenters. The van der Waals surface area contributed by atoms with E-state index in [1.807, 2.05) is 19.9 Å². The SMILES string of the molecule is COc1cncc(C(C)(C)C=O)c1. The summed E-state index contributed by atoms with van der Waals surface area (Å²) in [6, 6.07) is 1.82. The third-order valence-electron chi connectivity index (χ3n) is 1.99. The summed E-state index contributed by atoms with van der Waals surface area (Å²) >= 11 is 0. The van der Waals surface area contributed by atoms with Crippen LogP contribution in [0.1, 0.15) is 19.4 Å². The summed E-state index contributed by atoms with van der Waals surface area (Å²) in [5.41, 5.74) is 0.364. The van der Waals surface area contributed by atoms with Crippen LogP contribution in [0.25, 0.3) is 0 Å². The van der Waals surface area contributed by atoms with Gasteiger partial charge >= 0.3 is 0 Å². The summed E-state index contributed by atoms with van der Waals surface area (Å²) in [6.45, 7) is 3.69. The zero-order valence-electron chi connectivity index (χ0n) is 8.07. The van der Waals surface area contributed by atoms with E-state index in [1.165, 1.54) is 0 Å². The van der Waals surface area contributed by atoms with E-state index < -0.39 is 5.41 Å². The third kappa shape index (κ3) is 2.05. The third-order valence-corrected chi connectivity index (χ3v) is 1.99. The molecule has 0 aliphatic heterocycles. The van der Waals surface area contributed by atoms with Gasteiger partial charge in [0, 0.05) is 11.6 Å². The Morgan fingerprint density at radius 1 is 1.46 bits per heavy atom. The van der Waals surface area contributed by atoms with Crippen molar-refractivity contribution in [1.82, 2.24) is 4.98 Å². The van der Waals surface area contributed by atoms with Gasteiger partial charge in [-0.3, -0.25) is 4.98 Å². The maximum absolute atomic E-state index is 10.8. The lowest BCUT2D eigenvalue weighted by Crippen LogP contribution is -2.18. The van der Waals surface area contributed by atoms with Crippen molar-refractivity contribution >= 4 is 6.29 Å². The van der Waals surface area contributed by atoms with Gasteiger partial charge < -0.3 is 9.53 Å². The summed E-state index contributed by atoms with van der Waals surface area (Å²) < 4.78 is 5.02. The smallest absolute Gasteiger partial charge is 0.137 e. The van der Waals surface area contributed by atoms with Crippen molar-refractivity contribution < 1.29 is 9.53 Å². The summed E-state index contributed by atoms with van der Waals surface area (Å²) in [5.74, 6) is 0.674. The second kappa shape index (κ2) is 3.56. The predicted octanol–water partition coefficient (Wildman–Crippen LogP) is 1.57. The molecule has 1 aromatic rings. The monoisotopic (exact) mass is 179 g/mol. The quantitative estimate of drug-likeness (QED) is 0.661. The Bertz CT molecular complexity index is 308. The molecular formula is C10H13NO2. The maximum Gasteiger partial charge on any atom is 0.137 e. The van der Waals surface area contributed by atoms with E-state index in [9.17, 15) is 4.79 Å². The zero-order valence-corrected chi connectivity index (χ0v) is 8.07. The van der Waals surface area contributed by atoms with Crippen molar-refractivity contribution in [2.24, 2.45) is 0 Å². The van der Waals surface area contributed by atoms with E-state index in [0.717, 1.165) is 11.8 Å². The number of aromatic nitrogens is 1. The van der Waals surface area contributed by atoms with E-state index in [2.05, 4.69) is 4.98 Å². The van der Waals surface area contributed by atoms with Crippen LogP contribution in [0.3, 0.4) is 0 Å². The van der Waals surface area contributed by atoms with Gasteiger partial charge in [0.05, 0.1) is 13.3 Å². The number of ether oxygens (including phenoxy) is 1. The molecular weight excluding hydrogens is 166 g/mol. The summed E-state index contributed by atoms with van der Waals surface area (Å²) in [5, 5.41) is 0. The summed E-state index contributed by atoms with van der Waals surface area (Å²) in [4.78, 5) is 14.7. The highest BCUT2D eigenvalue weighted by Gasteiger charge is 2.20. The number of hydrogen-bond acceptors (Lipinski definition) is 3. The number of pyridine rings is 1. The van der Waals surface area contributed by atoms with Gasteiger partial charge in [0.25, 0.3) is 0 Å². The molecule has 0 N–H and O–H groups in total. The number of carbonyl (C=O) groups is 1. The average Bonchev–Trinajstić information content (AvgIpc) is 2.18. The molecule has 0 saturated heterocycles. The van der Waals surface area contributed by atoms with Crippen molar-refractivity contribution in [2.75, 3.05) is 7.11 Å². The van der Waals surface area contributed by atoms with Gasteiger partial charge in [0.15, 0.2) is 0 Å². The minimum atomic E-state index is -0.498. The maximum atomic E-state index is 10.8. The van der Waals surface area contributed by atoms with Crippen LogP contribution in [0.2, 0.25) is 0 Å². The zero-order chi connectivity index (χ0) is 9.90. The molecule has 0 aliphatic rings. The lowest BCUT2D eigenvalue weighted by Gasteiger charge is -2.16. The van der Waals surface area contributed by atoms with Crippen LogP contribution in [0.5, 0.6) is 5.75 Å². The first-order valence-electron chi connectivity index (χ1n) is 4.06. The van der Waals surface area contributed by atoms with E-state index in [0.29, 0.717) is 5.75 Å². The van der Waals surface area contributed by atoms with E-state index >= 15 is 0 Å². The molecule has 1 heterocycles. The van der Waals surface area contributed by atoms with Crippen molar-refractivity contribution in [3.63, 3.8) is 0 Å². The lowest BCUT2D eigenvalue weighted by atomic mass is 9.87. The molecule has 0 fully saturated rings. The number of methoxy groups -OCH3 is 1. The van der Waals surface area contributed by atoms with E-state index in [1.54, 1.807) is 19.5 Å². The highest BCUT2D eigenvalue weighted by atomic mass is 16.5. The fraction of sp³-hybridized carbons (Fsp3) is 0.400. The predicted molar refractivity (Wildman–Crippen MR) is 49.9 cm³/mol. The molecule has 3 nitrogen and oxygen atoms in total. The van der Waals surface area contributed by atoms with Crippen LogP contribution >= 0.6 is 0 Å². The standard InChI is InChI=1S/C10H13NO2/c1-10(2,7-12)8-4-9(13-3)6-11-5-8/h4-7H,1-3H3. The molecule has 70 valence electrons. The van der Waals surface area contributed by atoms with Gasteiger partial charge in [0.1, 0.15) is 12.0 Å². The molecule has 0 bridgehead atoms. The van der Waals surface area contributed by atoms with Crippen LogP contribution in [0.4, 0.5) is 0 Å². The number of aldehydes is 1. The van der Waals surface area contributed by atoms with Gasteiger partial charge in [0.2, 0.25) is 0 Å². The molecule has 0 spiro atoms. The Kier molecular flexibility index (Phi) is 2.66. The highest BCUT2D eigenvalue weighted by Crippen LogP contribution is 2.22. The fourth-order valence-electron chi connectivity index (χ4n) is 0.951. The van der Waals surface area contributed by atoms with Gasteiger partial charge in [-0.25, -0.2) is 0 Å². The molecule has 1 rings (SSSR count). The minimum Gasteiger partial charge on any atom is -0.495 e. The van der Waals surface area contributed by atoms with Gasteiger partial charge in [-0.15, -0.1) is 0 Å². The first-order chi connectivity index (χ1) is 6.10. The number of nitrogens with zero attached hydrogens (tertiary/aromatic N) is 1. The lowest BCUT2D eigenvalue weighted by molar-refractivity contribution is -0.111. The Hall–Kier alpha value is -1.38. The van der Waals surface area contributed by atoms with Crippen LogP contribution in [-0.4, -0.2) is 18.4 Å². The minimum absolute atomic E-state index is 0.498. The van der Waals surface area contributed by atoms with E-state index in [4.69, 9.17) is 4.74 Å². The molecule has 0 unspecified atom stereocenters. The van der Waals surface area contributed by atoms with Crippen LogP contribution in [-0.2, 0) is 10.2 Å². The van der Waals surface area contributed by atoms with Gasteiger partial charge in [-0.1, -0.05) is 0 Å². The average molecular weight is 179 g/mol. The second-order valence-electron chi connectivity index (χ2n) is 3.45. The topological polar surface area (TPSA) is 39.2 Å². The Balaban J connectivity index is 3.08. The number of hydrogen-bond donors (Lipinski definition) is 0. The molecule has 13 heavy (non-hydrogen) atoms. The molecule has 0 radical (unpaired) electrons. The number of carbonyl (C=O) groups excluding carboxylic acids is 1. The van der Waals surface area contributed by atoms with Gasteiger partial charge in [-0.05, 0) is 25.5 Å². The van der Waals surface area contributed by atoms with Crippen molar-refractivity contribution in [2.45, 2.75) is 19.3 Å². The van der Waals surface area contributed by atoms with Crippen molar-refractivity contribution in [3.05, 3.63) is 24.0 Å². The highest BCUT2D eigenvalue weighted by molar-refractivity contribution is 5.67. The Labute approximate surface area is 77.8 Å². The molecule has 3 heteroatoms. The number of rotatable bonds is 3. The molecule has 0 amide bonds. The van der Waals surface area contributed by atoms with Crippen LogP contribution < -0.4 is 4.74 Å². The molecule has 0 aromatic carbocycles. The Morgan fingerprint density at radius 3 is 2.69 bits per heavy atom. The first kappa shape index (κ1) is 9.71. The van der Waals surface area contributed by atoms with Crippen LogP contribution in [0, 0.1) is 0 Å². The molecule has 0 saturated carbocycles. The largest absolute Gasteiger partial charge is 0.495 e. The second-order valence-corrected chi connectivity index (χ2v) is 3.45. The van der Waals surface area contributed by atoms with Crippen molar-refractivity contribution in [1.29, 1.82) is 0 Å². The molecule has 1 aromatic heterocycles. The van der Waals surface area contributed by atoms with Crippen LogP contribution in [0.15, 0.2) is 18.5 Å². The Morgan fingerprint density at radius 2 is 2.15 bits per heavy atom. The first-order valence-corrected chi connectivity index (χ1v) is 4.06. The van der Waals surface area contributed by atoms with E-state index in [-0.39, 0.29) is 0 Å². The molecule has 0 aliphatic carbocycles. The fourth-order valence-corrected chi connectivity index (χ4v) is 0.951. The summed E-state index contributed by atoms with van der Waals surface area (Å²) in [7, 11) is 1.58. The summed E-state index contributed by atoms with van der Waals surface area (Å²) in [6.07, 6.45) is 4.20.